The third-order valence-corrected chi connectivity index (χ3v) is 9.95. The minimum absolute atomic E-state index is 0.0270. The summed E-state index contributed by atoms with van der Waals surface area (Å²) in [6, 6.07) is 7.94. The zero-order valence-electron chi connectivity index (χ0n) is 22.9. The molecule has 0 bridgehead atoms. The van der Waals surface area contributed by atoms with Gasteiger partial charge in [-0.3, -0.25) is 4.90 Å². The lowest BCUT2D eigenvalue weighted by Gasteiger charge is -2.30. The Morgan fingerprint density at radius 2 is 2.07 bits per heavy atom. The van der Waals surface area contributed by atoms with Crippen LogP contribution in [-0.4, -0.2) is 65.0 Å². The first-order valence-corrected chi connectivity index (χ1v) is 14.9. The number of nitriles is 1. The molecule has 3 fully saturated rings. The van der Waals surface area contributed by atoms with Crippen molar-refractivity contribution in [2.75, 3.05) is 32.0 Å². The van der Waals surface area contributed by atoms with E-state index in [4.69, 9.17) is 15.2 Å². The third-order valence-electron chi connectivity index (χ3n) is 8.92. The van der Waals surface area contributed by atoms with Crippen molar-refractivity contribution in [3.05, 3.63) is 41.5 Å². The van der Waals surface area contributed by atoms with E-state index >= 15 is 4.39 Å². The molecular formula is C30H29F3N6O2S. The Kier molecular flexibility index (Phi) is 6.64. The van der Waals surface area contributed by atoms with Gasteiger partial charge in [-0.15, -0.1) is 11.3 Å². The molecule has 7 rings (SSSR count). The zero-order valence-corrected chi connectivity index (χ0v) is 23.7. The van der Waals surface area contributed by atoms with Crippen LogP contribution in [0.2, 0.25) is 0 Å². The van der Waals surface area contributed by atoms with E-state index < -0.39 is 23.3 Å². The smallest absolute Gasteiger partial charge is 0.320 e. The first kappa shape index (κ1) is 27.2. The number of thiophene rings is 1. The van der Waals surface area contributed by atoms with Crippen molar-refractivity contribution < 1.29 is 22.6 Å². The largest absolute Gasteiger partial charge is 0.472 e. The Hall–Kier alpha value is -3.66. The van der Waals surface area contributed by atoms with Gasteiger partial charge in [-0.05, 0) is 57.0 Å². The van der Waals surface area contributed by atoms with Gasteiger partial charge in [0.05, 0.1) is 21.2 Å². The van der Waals surface area contributed by atoms with Gasteiger partial charge in [-0.1, -0.05) is 12.1 Å². The van der Waals surface area contributed by atoms with Crippen LogP contribution >= 0.6 is 11.3 Å². The average Bonchev–Trinajstić information content (AvgIpc) is 3.71. The van der Waals surface area contributed by atoms with Crippen LogP contribution in [0.15, 0.2) is 24.3 Å². The SMILES string of the molecule is CC1NCCC1Oc1nc(OCC23CCCN2CC(F)C3)nc2c(F)c(-c3ccc(F)c4sc(N)c(C#N)c34)ccc12. The fraction of sp³-hybridized carbons (Fsp3) is 0.433. The highest BCUT2D eigenvalue weighted by Crippen LogP contribution is 2.44. The number of nitrogens with one attached hydrogen (secondary N) is 1. The molecule has 218 valence electrons. The van der Waals surface area contributed by atoms with Crippen LogP contribution in [0.25, 0.3) is 32.1 Å². The lowest BCUT2D eigenvalue weighted by atomic mass is 9.95. The Bertz CT molecular complexity index is 1760. The molecule has 12 heteroatoms. The summed E-state index contributed by atoms with van der Waals surface area (Å²) in [5.41, 5.74) is 6.11. The van der Waals surface area contributed by atoms with Crippen molar-refractivity contribution in [1.29, 1.82) is 5.26 Å². The van der Waals surface area contributed by atoms with E-state index in [1.165, 1.54) is 12.1 Å². The number of benzene rings is 2. The van der Waals surface area contributed by atoms with Gasteiger partial charge in [-0.25, -0.2) is 13.2 Å². The molecule has 4 aromatic rings. The molecule has 3 saturated heterocycles. The minimum atomic E-state index is -0.918. The number of hydrogen-bond acceptors (Lipinski definition) is 9. The molecule has 4 atom stereocenters. The number of ether oxygens (including phenoxy) is 2. The van der Waals surface area contributed by atoms with Crippen molar-refractivity contribution in [2.24, 2.45) is 0 Å². The zero-order chi connectivity index (χ0) is 29.2. The minimum Gasteiger partial charge on any atom is -0.472 e. The fourth-order valence-electron chi connectivity index (χ4n) is 6.79. The normalized spacial score (nSPS) is 25.7. The molecule has 3 N–H and O–H groups in total. The molecule has 3 aliphatic rings. The topological polar surface area (TPSA) is 109 Å². The Labute approximate surface area is 244 Å². The molecule has 42 heavy (non-hydrogen) atoms. The van der Waals surface area contributed by atoms with Gasteiger partial charge in [-0.2, -0.15) is 15.2 Å². The molecule has 0 aliphatic carbocycles. The number of hydrogen-bond donors (Lipinski definition) is 2. The van der Waals surface area contributed by atoms with E-state index in [-0.39, 0.29) is 62.4 Å². The molecule has 5 heterocycles. The van der Waals surface area contributed by atoms with Crippen LogP contribution in [0.1, 0.15) is 38.2 Å². The van der Waals surface area contributed by atoms with E-state index in [0.29, 0.717) is 23.9 Å². The van der Waals surface area contributed by atoms with Crippen molar-refractivity contribution >= 4 is 37.3 Å². The van der Waals surface area contributed by atoms with Gasteiger partial charge in [0, 0.05) is 30.0 Å². The van der Waals surface area contributed by atoms with Crippen molar-refractivity contribution in [1.82, 2.24) is 20.2 Å². The summed E-state index contributed by atoms with van der Waals surface area (Å²) < 4.78 is 58.1. The predicted molar refractivity (Wildman–Crippen MR) is 154 cm³/mol. The first-order valence-electron chi connectivity index (χ1n) is 14.1. The molecule has 2 aromatic heterocycles. The van der Waals surface area contributed by atoms with Gasteiger partial charge in [0.1, 0.15) is 41.3 Å². The molecule has 8 nitrogen and oxygen atoms in total. The summed E-state index contributed by atoms with van der Waals surface area (Å²) in [6.45, 7) is 4.16. The van der Waals surface area contributed by atoms with Crippen molar-refractivity contribution in [3.8, 4) is 29.1 Å². The van der Waals surface area contributed by atoms with E-state index in [1.54, 1.807) is 12.1 Å². The number of halogens is 3. The Morgan fingerprint density at radius 3 is 2.86 bits per heavy atom. The second kappa shape index (κ2) is 10.3. The quantitative estimate of drug-likeness (QED) is 0.309. The molecule has 0 saturated carbocycles. The third kappa shape index (κ3) is 4.33. The molecule has 0 spiro atoms. The van der Waals surface area contributed by atoms with Gasteiger partial charge < -0.3 is 20.5 Å². The predicted octanol–water partition coefficient (Wildman–Crippen LogP) is 5.33. The number of rotatable bonds is 6. The van der Waals surface area contributed by atoms with E-state index in [2.05, 4.69) is 20.2 Å². The number of aromatic nitrogens is 2. The van der Waals surface area contributed by atoms with Crippen molar-refractivity contribution in [3.63, 3.8) is 0 Å². The van der Waals surface area contributed by atoms with E-state index in [1.807, 2.05) is 13.0 Å². The van der Waals surface area contributed by atoms with Gasteiger partial charge >= 0.3 is 6.01 Å². The van der Waals surface area contributed by atoms with Crippen LogP contribution in [0.5, 0.6) is 11.9 Å². The number of nitrogens with zero attached hydrogens (tertiary/aromatic N) is 4. The highest BCUT2D eigenvalue weighted by molar-refractivity contribution is 7.23. The van der Waals surface area contributed by atoms with Gasteiger partial charge in [0.25, 0.3) is 0 Å². The molecule has 2 aromatic carbocycles. The summed E-state index contributed by atoms with van der Waals surface area (Å²) in [7, 11) is 0. The van der Waals surface area contributed by atoms with Crippen molar-refractivity contribution in [2.45, 2.75) is 56.5 Å². The molecule has 4 unspecified atom stereocenters. The van der Waals surface area contributed by atoms with Crippen LogP contribution in [-0.2, 0) is 0 Å². The summed E-state index contributed by atoms with van der Waals surface area (Å²) in [6.07, 6.45) is 1.78. The fourth-order valence-corrected chi connectivity index (χ4v) is 7.74. The van der Waals surface area contributed by atoms with Crippen LogP contribution < -0.4 is 20.5 Å². The number of nitrogen functional groups attached to an aromatic ring is 1. The van der Waals surface area contributed by atoms with E-state index in [0.717, 1.165) is 43.7 Å². The summed E-state index contributed by atoms with van der Waals surface area (Å²) >= 11 is 0.952. The maximum atomic E-state index is 16.5. The van der Waals surface area contributed by atoms with Gasteiger partial charge in [0.15, 0.2) is 5.82 Å². The maximum absolute atomic E-state index is 16.5. The second-order valence-corrected chi connectivity index (χ2v) is 12.5. The summed E-state index contributed by atoms with van der Waals surface area (Å²) in [5, 5.41) is 13.9. The van der Waals surface area contributed by atoms with Gasteiger partial charge in [0.2, 0.25) is 5.88 Å². The standard InChI is InChI=1S/C30H29F3N6O2S/c1-15-22(7-9-36-15)41-28-19-4-3-18(17-5-6-21(32)26-23(17)20(12-34)27(35)42-26)24(33)25(19)37-29(38-28)40-14-30-8-2-10-39(30)13-16(31)11-30/h3-6,15-16,22,36H,2,7-11,13-14,35H2,1H3. The molecular weight excluding hydrogens is 565 g/mol. The molecule has 3 aliphatic heterocycles. The lowest BCUT2D eigenvalue weighted by molar-refractivity contribution is 0.106. The lowest BCUT2D eigenvalue weighted by Crippen LogP contribution is -2.43. The van der Waals surface area contributed by atoms with E-state index in [9.17, 15) is 14.0 Å². The van der Waals surface area contributed by atoms with Crippen LogP contribution in [0.3, 0.4) is 0 Å². The van der Waals surface area contributed by atoms with Crippen LogP contribution in [0, 0.1) is 23.0 Å². The number of alkyl halides is 1. The Morgan fingerprint density at radius 1 is 1.24 bits per heavy atom. The molecule has 0 radical (unpaired) electrons. The summed E-state index contributed by atoms with van der Waals surface area (Å²) in [5.74, 6) is -1.03. The summed E-state index contributed by atoms with van der Waals surface area (Å²) in [4.78, 5) is 11.2. The first-order chi connectivity index (χ1) is 20.3. The number of fused-ring (bicyclic) bond motifs is 3. The maximum Gasteiger partial charge on any atom is 0.320 e. The highest BCUT2D eigenvalue weighted by Gasteiger charge is 2.49. The second-order valence-electron chi connectivity index (χ2n) is 11.4. The number of nitrogens with two attached hydrogens (primary N) is 1. The highest BCUT2D eigenvalue weighted by atomic mass is 32.1. The number of anilines is 1. The average molecular weight is 595 g/mol. The monoisotopic (exact) mass is 594 g/mol. The molecule has 0 amide bonds. The Balaban J connectivity index is 1.34. The van der Waals surface area contributed by atoms with Crippen LogP contribution in [0.4, 0.5) is 18.2 Å².